The lowest BCUT2D eigenvalue weighted by atomic mass is 10.1. The average Bonchev–Trinajstić information content (AvgIpc) is 2.62. The molecule has 26 heavy (non-hydrogen) atoms. The van der Waals surface area contributed by atoms with Gasteiger partial charge in [0.05, 0.1) is 0 Å². The van der Waals surface area contributed by atoms with Crippen LogP contribution >= 0.6 is 0 Å². The molecule has 0 unspecified atom stereocenters. The van der Waals surface area contributed by atoms with E-state index in [1.807, 2.05) is 0 Å². The van der Waals surface area contributed by atoms with Crippen LogP contribution in [0.2, 0.25) is 0 Å². The Hall–Kier alpha value is -3.54. The fraction of sp³-hybridized carbons (Fsp3) is 0. The van der Waals surface area contributed by atoms with Crippen LogP contribution in [0.4, 0.5) is 20.2 Å². The zero-order valence-corrected chi connectivity index (χ0v) is 13.5. The van der Waals surface area contributed by atoms with Crippen LogP contribution in [0, 0.1) is 11.6 Å². The Balaban J connectivity index is 1.75. The van der Waals surface area contributed by atoms with E-state index in [0.29, 0.717) is 11.4 Å². The van der Waals surface area contributed by atoms with Gasteiger partial charge in [-0.15, -0.1) is 0 Å². The summed E-state index contributed by atoms with van der Waals surface area (Å²) in [4.78, 5) is 24.6. The van der Waals surface area contributed by atoms with E-state index in [-0.39, 0.29) is 11.1 Å². The summed E-state index contributed by atoms with van der Waals surface area (Å²) < 4.78 is 26.4. The molecule has 3 rings (SSSR count). The summed E-state index contributed by atoms with van der Waals surface area (Å²) in [5.74, 6) is -1.89. The summed E-state index contributed by atoms with van der Waals surface area (Å²) in [6.07, 6.45) is 0. The van der Waals surface area contributed by atoms with Crippen LogP contribution in [0.3, 0.4) is 0 Å². The third kappa shape index (κ3) is 4.30. The van der Waals surface area contributed by atoms with E-state index in [0.717, 1.165) is 0 Å². The van der Waals surface area contributed by atoms with Crippen LogP contribution in [0.25, 0.3) is 0 Å². The number of benzene rings is 3. The molecule has 0 radical (unpaired) electrons. The predicted molar refractivity (Wildman–Crippen MR) is 95.1 cm³/mol. The van der Waals surface area contributed by atoms with Crippen molar-refractivity contribution >= 4 is 23.2 Å². The molecule has 0 aliphatic heterocycles. The first kappa shape index (κ1) is 17.3. The Morgan fingerprint density at radius 1 is 0.615 bits per heavy atom. The van der Waals surface area contributed by atoms with Crippen LogP contribution < -0.4 is 10.6 Å². The highest BCUT2D eigenvalue weighted by atomic mass is 19.1. The molecule has 0 saturated heterocycles. The molecule has 0 spiro atoms. The molecule has 0 bridgehead atoms. The topological polar surface area (TPSA) is 58.2 Å². The summed E-state index contributed by atoms with van der Waals surface area (Å²) in [7, 11) is 0. The molecule has 6 heteroatoms. The second kappa shape index (κ2) is 7.57. The highest BCUT2D eigenvalue weighted by Gasteiger charge is 2.11. The van der Waals surface area contributed by atoms with Crippen molar-refractivity contribution in [1.82, 2.24) is 0 Å². The molecule has 0 aromatic heterocycles. The molecule has 0 fully saturated rings. The van der Waals surface area contributed by atoms with Crippen LogP contribution in [0.15, 0.2) is 72.8 Å². The number of nitrogens with one attached hydrogen (secondary N) is 2. The molecule has 0 aliphatic rings. The lowest BCUT2D eigenvalue weighted by molar-refractivity contribution is 0.102. The van der Waals surface area contributed by atoms with Gasteiger partial charge in [0.15, 0.2) is 0 Å². The molecule has 0 heterocycles. The third-order valence-electron chi connectivity index (χ3n) is 3.55. The van der Waals surface area contributed by atoms with Crippen LogP contribution in [0.5, 0.6) is 0 Å². The lowest BCUT2D eigenvalue weighted by Gasteiger charge is -2.08. The molecule has 3 aromatic carbocycles. The number of carbonyl (C=O) groups excluding carboxylic acids is 2. The van der Waals surface area contributed by atoms with Gasteiger partial charge in [-0.05, 0) is 54.6 Å². The molecule has 130 valence electrons. The first-order chi connectivity index (χ1) is 12.5. The second-order valence-electron chi connectivity index (χ2n) is 5.51. The van der Waals surface area contributed by atoms with Crippen molar-refractivity contribution in [2.75, 3.05) is 10.6 Å². The summed E-state index contributed by atoms with van der Waals surface area (Å²) >= 11 is 0. The summed E-state index contributed by atoms with van der Waals surface area (Å²) in [6, 6.07) is 17.0. The first-order valence-electron chi connectivity index (χ1n) is 7.75. The zero-order chi connectivity index (χ0) is 18.5. The van der Waals surface area contributed by atoms with Gasteiger partial charge in [0, 0.05) is 22.5 Å². The largest absolute Gasteiger partial charge is 0.322 e. The van der Waals surface area contributed by atoms with Crippen LogP contribution in [0.1, 0.15) is 20.7 Å². The molecule has 2 amide bonds. The van der Waals surface area contributed by atoms with E-state index in [2.05, 4.69) is 10.6 Å². The highest BCUT2D eigenvalue weighted by Crippen LogP contribution is 2.14. The van der Waals surface area contributed by atoms with E-state index >= 15 is 0 Å². The van der Waals surface area contributed by atoms with Crippen LogP contribution in [-0.4, -0.2) is 11.8 Å². The number of carbonyl (C=O) groups is 2. The predicted octanol–water partition coefficient (Wildman–Crippen LogP) is 4.47. The van der Waals surface area contributed by atoms with Gasteiger partial charge in [-0.3, -0.25) is 9.59 Å². The second-order valence-corrected chi connectivity index (χ2v) is 5.51. The van der Waals surface area contributed by atoms with Crippen molar-refractivity contribution in [2.45, 2.75) is 0 Å². The maximum absolute atomic E-state index is 13.2. The number of anilines is 2. The fourth-order valence-corrected chi connectivity index (χ4v) is 2.34. The monoisotopic (exact) mass is 352 g/mol. The zero-order valence-electron chi connectivity index (χ0n) is 13.5. The molecule has 3 aromatic rings. The minimum absolute atomic E-state index is 0.237. The fourth-order valence-electron chi connectivity index (χ4n) is 2.34. The van der Waals surface area contributed by atoms with Gasteiger partial charge in [-0.1, -0.05) is 18.2 Å². The Labute approximate surface area is 148 Å². The Morgan fingerprint density at radius 2 is 1.04 bits per heavy atom. The van der Waals surface area contributed by atoms with Crippen LogP contribution in [-0.2, 0) is 0 Å². The normalized spacial score (nSPS) is 10.2. The van der Waals surface area contributed by atoms with E-state index in [1.54, 1.807) is 18.2 Å². The number of rotatable bonds is 4. The summed E-state index contributed by atoms with van der Waals surface area (Å²) in [5.41, 5.74) is 1.09. The van der Waals surface area contributed by atoms with Gasteiger partial charge in [-0.25, -0.2) is 8.78 Å². The molecule has 4 nitrogen and oxygen atoms in total. The van der Waals surface area contributed by atoms with Gasteiger partial charge in [0.1, 0.15) is 11.6 Å². The molecular weight excluding hydrogens is 338 g/mol. The minimum Gasteiger partial charge on any atom is -0.322 e. The smallest absolute Gasteiger partial charge is 0.255 e. The minimum atomic E-state index is -0.476. The van der Waals surface area contributed by atoms with Gasteiger partial charge >= 0.3 is 0 Å². The maximum atomic E-state index is 13.2. The maximum Gasteiger partial charge on any atom is 0.255 e. The van der Waals surface area contributed by atoms with Crippen molar-refractivity contribution in [3.63, 3.8) is 0 Å². The van der Waals surface area contributed by atoms with Crippen molar-refractivity contribution in [1.29, 1.82) is 0 Å². The van der Waals surface area contributed by atoms with Gasteiger partial charge in [0.2, 0.25) is 0 Å². The first-order valence-corrected chi connectivity index (χ1v) is 7.75. The SMILES string of the molecule is O=C(Nc1cccc(F)c1)c1cccc(C(=O)Nc2cccc(F)c2)c1. The van der Waals surface area contributed by atoms with E-state index in [1.165, 1.54) is 54.6 Å². The molecule has 0 aliphatic carbocycles. The highest BCUT2D eigenvalue weighted by molar-refractivity contribution is 6.08. The lowest BCUT2D eigenvalue weighted by Crippen LogP contribution is -2.15. The molecule has 2 N–H and O–H groups in total. The van der Waals surface area contributed by atoms with E-state index < -0.39 is 23.4 Å². The quantitative estimate of drug-likeness (QED) is 0.728. The molecule has 0 saturated carbocycles. The van der Waals surface area contributed by atoms with Gasteiger partial charge < -0.3 is 10.6 Å². The van der Waals surface area contributed by atoms with E-state index in [9.17, 15) is 18.4 Å². The molecular formula is C20H14F2N2O2. The van der Waals surface area contributed by atoms with Crippen molar-refractivity contribution in [2.24, 2.45) is 0 Å². The van der Waals surface area contributed by atoms with Crippen molar-refractivity contribution < 1.29 is 18.4 Å². The van der Waals surface area contributed by atoms with E-state index in [4.69, 9.17) is 0 Å². The number of amides is 2. The summed E-state index contributed by atoms with van der Waals surface area (Å²) in [5, 5.41) is 5.12. The van der Waals surface area contributed by atoms with Crippen molar-refractivity contribution in [3.8, 4) is 0 Å². The average molecular weight is 352 g/mol. The number of halogens is 2. The Bertz CT molecular complexity index is 899. The number of hydrogen-bond acceptors (Lipinski definition) is 2. The third-order valence-corrected chi connectivity index (χ3v) is 3.55. The van der Waals surface area contributed by atoms with Gasteiger partial charge in [-0.2, -0.15) is 0 Å². The Morgan fingerprint density at radius 3 is 1.46 bits per heavy atom. The Kier molecular flexibility index (Phi) is 5.03. The molecule has 0 atom stereocenters. The summed E-state index contributed by atoms with van der Waals surface area (Å²) in [6.45, 7) is 0. The number of hydrogen-bond donors (Lipinski definition) is 2. The van der Waals surface area contributed by atoms with Gasteiger partial charge in [0.25, 0.3) is 11.8 Å². The standard InChI is InChI=1S/C20H14F2N2O2/c21-15-6-2-8-17(11-15)23-19(25)13-4-1-5-14(10-13)20(26)24-18-9-3-7-16(22)12-18/h1-12H,(H,23,25)(H,24,26). The van der Waals surface area contributed by atoms with Crippen molar-refractivity contribution in [3.05, 3.63) is 95.6 Å².